The van der Waals surface area contributed by atoms with Gasteiger partial charge in [0.05, 0.1) is 36.6 Å². The van der Waals surface area contributed by atoms with E-state index in [4.69, 9.17) is 36.9 Å². The number of cyclic esters (lactones) is 1. The average molecular weight is 909 g/mol. The van der Waals surface area contributed by atoms with E-state index in [1.54, 1.807) is 53.5 Å². The van der Waals surface area contributed by atoms with Gasteiger partial charge in [0.1, 0.15) is 48.6 Å². The van der Waals surface area contributed by atoms with Crippen molar-refractivity contribution in [2.75, 3.05) is 28.4 Å². The van der Waals surface area contributed by atoms with E-state index in [1.807, 2.05) is 26.8 Å². The fourth-order valence-electron chi connectivity index (χ4n) is 7.67. The number of methoxy groups -OCH3 is 3. The number of allylic oxidation sites excluding steroid dienone is 1. The molecule has 0 fully saturated rings. The first-order valence-corrected chi connectivity index (χ1v) is 21.7. The number of amides is 1. The summed E-state index contributed by atoms with van der Waals surface area (Å²) in [5.41, 5.74) is 0.978. The van der Waals surface area contributed by atoms with Gasteiger partial charge in [0, 0.05) is 66.2 Å². The molecule has 4 heterocycles. The lowest BCUT2D eigenvalue weighted by molar-refractivity contribution is -0.159. The first-order valence-electron chi connectivity index (χ1n) is 21.7. The molecule has 18 nitrogen and oxygen atoms in total. The molecular formula is C47H64N4O14. The summed E-state index contributed by atoms with van der Waals surface area (Å²) in [6.07, 6.45) is 10.8. The Hall–Kier alpha value is -5.56. The Morgan fingerprint density at radius 1 is 0.938 bits per heavy atom. The zero-order valence-electron chi connectivity index (χ0n) is 38.9. The number of hydrogen-bond donors (Lipinski definition) is 1. The van der Waals surface area contributed by atoms with E-state index in [0.29, 0.717) is 36.3 Å². The van der Waals surface area contributed by atoms with Gasteiger partial charge in [0.15, 0.2) is 17.2 Å². The molecular weight excluding hydrogens is 845 g/mol. The number of fused-ring (bicyclic) bond motifs is 8. The minimum absolute atomic E-state index is 0.00470. The lowest BCUT2D eigenvalue weighted by atomic mass is 9.84. The molecule has 0 aromatic carbocycles. The number of esters is 2. The zero-order valence-corrected chi connectivity index (χ0v) is 38.9. The highest BCUT2D eigenvalue weighted by atomic mass is 16.6. The van der Waals surface area contributed by atoms with Crippen LogP contribution in [0, 0.1) is 29.6 Å². The molecule has 0 radical (unpaired) electrons. The average Bonchev–Trinajstić information content (AvgIpc) is 4.08. The molecule has 3 aromatic rings. The maximum atomic E-state index is 13.6. The summed E-state index contributed by atoms with van der Waals surface area (Å²) in [6, 6.07) is 0. The highest BCUT2D eigenvalue weighted by Crippen LogP contribution is 2.32. The van der Waals surface area contributed by atoms with Crippen molar-refractivity contribution in [2.24, 2.45) is 29.6 Å². The number of nitrogens with zero attached hydrogens (tertiary/aromatic N) is 4. The van der Waals surface area contributed by atoms with Gasteiger partial charge in [-0.2, -0.15) is 0 Å². The maximum Gasteiger partial charge on any atom is 0.308 e. The van der Waals surface area contributed by atoms with E-state index >= 15 is 0 Å². The molecule has 11 atom stereocenters. The zero-order chi connectivity index (χ0) is 47.8. The number of Topliss-reactive ketones (excluding diaryl/α,β-unsaturated/α-hetero) is 1. The van der Waals surface area contributed by atoms with Crippen LogP contribution in [-0.2, 0) is 47.7 Å². The SMILES string of the molecule is COC(CC1OC(=O)CC(O)C/C=C/C(=O)C(C)C(OC)c2coc(n2)-c2coc(n2)-c2coc(n2)/C=C/CC(OC)C1C)C(C)CCC(=O)C(C)C(OC(C)=O)C(C)/C=C/N(C)C=O. The molecule has 0 saturated carbocycles. The van der Waals surface area contributed by atoms with Crippen LogP contribution in [0.25, 0.3) is 29.2 Å². The first kappa shape index (κ1) is 52.1. The largest absolute Gasteiger partial charge is 0.462 e. The second kappa shape index (κ2) is 25.2. The number of aliphatic hydroxyl groups excluding tert-OH is 1. The van der Waals surface area contributed by atoms with E-state index < -0.39 is 66.3 Å². The molecule has 6 bridgehead atoms. The summed E-state index contributed by atoms with van der Waals surface area (Å²) in [4.78, 5) is 78.2. The summed E-state index contributed by atoms with van der Waals surface area (Å²) < 4.78 is 46.2. The molecule has 18 heteroatoms. The van der Waals surface area contributed by atoms with Crippen LogP contribution in [0.4, 0.5) is 0 Å². The van der Waals surface area contributed by atoms with Crippen molar-refractivity contribution in [2.45, 2.75) is 117 Å². The Morgan fingerprint density at radius 2 is 1.62 bits per heavy atom. The van der Waals surface area contributed by atoms with Gasteiger partial charge in [-0.15, -0.1) is 0 Å². The number of aliphatic hydroxyl groups is 1. The molecule has 0 saturated heterocycles. The number of oxazole rings is 3. The van der Waals surface area contributed by atoms with E-state index in [2.05, 4.69) is 15.0 Å². The molecule has 1 aliphatic rings. The summed E-state index contributed by atoms with van der Waals surface area (Å²) in [5, 5.41) is 10.9. The number of rotatable bonds is 16. The molecule has 0 spiro atoms. The molecule has 4 rings (SSSR count). The summed E-state index contributed by atoms with van der Waals surface area (Å²) in [6.45, 7) is 10.3. The highest BCUT2D eigenvalue weighted by molar-refractivity contribution is 5.92. The Balaban J connectivity index is 1.55. The van der Waals surface area contributed by atoms with E-state index in [0.717, 1.165) is 0 Å². The van der Waals surface area contributed by atoms with Crippen molar-refractivity contribution < 1.29 is 66.0 Å². The van der Waals surface area contributed by atoms with Crippen molar-refractivity contribution in [3.63, 3.8) is 0 Å². The van der Waals surface area contributed by atoms with Crippen LogP contribution in [0.2, 0.25) is 0 Å². The van der Waals surface area contributed by atoms with Crippen LogP contribution in [-0.4, -0.2) is 114 Å². The van der Waals surface area contributed by atoms with Gasteiger partial charge in [0.25, 0.3) is 0 Å². The third-order valence-electron chi connectivity index (χ3n) is 11.8. The minimum atomic E-state index is -1.16. The van der Waals surface area contributed by atoms with Gasteiger partial charge in [0.2, 0.25) is 24.1 Å². The van der Waals surface area contributed by atoms with E-state index in [1.165, 1.54) is 49.9 Å². The monoisotopic (exact) mass is 908 g/mol. The third kappa shape index (κ3) is 15.0. The van der Waals surface area contributed by atoms with Gasteiger partial charge >= 0.3 is 11.9 Å². The Labute approximate surface area is 379 Å². The lowest BCUT2D eigenvalue weighted by Crippen LogP contribution is -2.39. The van der Waals surface area contributed by atoms with Crippen molar-refractivity contribution in [3.05, 3.63) is 60.9 Å². The van der Waals surface area contributed by atoms with Gasteiger partial charge in [-0.1, -0.05) is 52.8 Å². The van der Waals surface area contributed by atoms with Gasteiger partial charge in [-0.3, -0.25) is 24.0 Å². The van der Waals surface area contributed by atoms with Crippen LogP contribution in [0.3, 0.4) is 0 Å². The van der Waals surface area contributed by atoms with Crippen molar-refractivity contribution >= 4 is 36.0 Å². The quantitative estimate of drug-likeness (QED) is 0.116. The summed E-state index contributed by atoms with van der Waals surface area (Å²) >= 11 is 0. The second-order valence-corrected chi connectivity index (χ2v) is 16.7. The molecule has 1 aliphatic heterocycles. The number of ketones is 2. The summed E-state index contributed by atoms with van der Waals surface area (Å²) in [7, 11) is 6.14. The van der Waals surface area contributed by atoms with Crippen LogP contribution in [0.15, 0.2) is 62.5 Å². The normalized spacial score (nSPS) is 24.7. The highest BCUT2D eigenvalue weighted by Gasteiger charge is 2.35. The predicted octanol–water partition coefficient (Wildman–Crippen LogP) is 6.75. The lowest BCUT2D eigenvalue weighted by Gasteiger charge is -2.34. The molecule has 65 heavy (non-hydrogen) atoms. The van der Waals surface area contributed by atoms with E-state index in [-0.39, 0.29) is 66.8 Å². The molecule has 356 valence electrons. The van der Waals surface area contributed by atoms with Crippen LogP contribution >= 0.6 is 0 Å². The third-order valence-corrected chi connectivity index (χ3v) is 11.8. The first-order chi connectivity index (χ1) is 31.0. The Kier molecular flexibility index (Phi) is 20.2. The van der Waals surface area contributed by atoms with Crippen molar-refractivity contribution in [1.29, 1.82) is 0 Å². The van der Waals surface area contributed by atoms with Gasteiger partial charge < -0.3 is 46.9 Å². The molecule has 3 aromatic heterocycles. The number of aromatic nitrogens is 3. The molecule has 1 N–H and O–H groups in total. The topological polar surface area (TPSA) is 233 Å². The predicted molar refractivity (Wildman–Crippen MR) is 235 cm³/mol. The second-order valence-electron chi connectivity index (χ2n) is 16.7. The fourth-order valence-corrected chi connectivity index (χ4v) is 7.67. The standard InChI is InChI=1S/C47H64N4O14/c1-27(17-18-38(56)29(3)44(64-32(6)53)28(2)19-20-51(7)26-52)40(59-9)22-41-31(5)39(58-8)15-12-16-42-48-35(24-61-42)46-50-36(25-63-46)47-49-34(23-62-47)45(60-10)30(4)37(55)14-11-13-33(54)21-43(57)65-41/h11-12,14,16,19-20,23-31,33,39-41,44-45,54H,13,15,17-18,21-22H2,1-10H3/b14-11+,16-12+,20-19+. The molecule has 1 amide bonds. The number of carbonyl (C=O) groups is 5. The van der Waals surface area contributed by atoms with Gasteiger partial charge in [-0.25, -0.2) is 15.0 Å². The smallest absolute Gasteiger partial charge is 0.308 e. The minimum Gasteiger partial charge on any atom is -0.462 e. The molecule has 11 unspecified atom stereocenters. The Morgan fingerprint density at radius 3 is 2.29 bits per heavy atom. The number of hydrogen-bond acceptors (Lipinski definition) is 17. The van der Waals surface area contributed by atoms with Crippen molar-refractivity contribution in [1.82, 2.24) is 19.9 Å². The van der Waals surface area contributed by atoms with Crippen LogP contribution < -0.4 is 0 Å². The van der Waals surface area contributed by atoms with Crippen molar-refractivity contribution in [3.8, 4) is 23.2 Å². The van der Waals surface area contributed by atoms with Gasteiger partial charge in [-0.05, 0) is 37.3 Å². The number of carbonyl (C=O) groups excluding carboxylic acids is 5. The summed E-state index contributed by atoms with van der Waals surface area (Å²) in [5.74, 6) is -3.32. The fraction of sp³-hybridized carbons (Fsp3) is 0.574. The number of ether oxygens (including phenoxy) is 5. The van der Waals surface area contributed by atoms with Crippen LogP contribution in [0.1, 0.15) is 97.8 Å². The molecule has 0 aliphatic carbocycles. The maximum absolute atomic E-state index is 13.6. The Bertz CT molecular complexity index is 2100. The van der Waals surface area contributed by atoms with Crippen LogP contribution in [0.5, 0.6) is 0 Å². The van der Waals surface area contributed by atoms with E-state index in [9.17, 15) is 29.1 Å².